The van der Waals surface area contributed by atoms with E-state index in [9.17, 15) is 15.3 Å². The second-order valence-corrected chi connectivity index (χ2v) is 5.60. The zero-order valence-corrected chi connectivity index (χ0v) is 12.1. The third kappa shape index (κ3) is 2.52. The molecule has 5 heteroatoms. The Labute approximate surface area is 127 Å². The highest BCUT2D eigenvalue weighted by atomic mass is 35.5. The summed E-state index contributed by atoms with van der Waals surface area (Å²) >= 11 is 6.19. The molecule has 4 N–H and O–H groups in total. The molecule has 0 aromatic heterocycles. The molecule has 0 bridgehead atoms. The smallest absolute Gasteiger partial charge is 0.176 e. The lowest BCUT2D eigenvalue weighted by Gasteiger charge is -2.20. The first-order valence-electron chi connectivity index (χ1n) is 6.80. The number of fused-ring (bicyclic) bond motifs is 1. The number of hydrogen-bond acceptors (Lipinski definition) is 4. The molecule has 2 aromatic rings. The van der Waals surface area contributed by atoms with Gasteiger partial charge in [0.15, 0.2) is 11.5 Å². The summed E-state index contributed by atoms with van der Waals surface area (Å²) in [6, 6.07) is 8.58. The minimum absolute atomic E-state index is 0.00657. The molecule has 4 nitrogen and oxygen atoms in total. The molecule has 0 amide bonds. The number of rotatable bonds is 1. The third-order valence-electron chi connectivity index (χ3n) is 3.93. The van der Waals surface area contributed by atoms with E-state index >= 15 is 0 Å². The fourth-order valence-electron chi connectivity index (χ4n) is 2.82. The maximum absolute atomic E-state index is 9.86. The number of benzene rings is 2. The highest BCUT2D eigenvalue weighted by Gasteiger charge is 2.25. The average Bonchev–Trinajstić information content (AvgIpc) is 2.68. The fraction of sp³-hybridized carbons (Fsp3) is 0.250. The average molecular weight is 306 g/mol. The van der Waals surface area contributed by atoms with Gasteiger partial charge < -0.3 is 20.6 Å². The number of aromatic hydroxyl groups is 3. The van der Waals surface area contributed by atoms with Gasteiger partial charge in [-0.15, -0.1) is 0 Å². The van der Waals surface area contributed by atoms with E-state index in [1.165, 1.54) is 0 Å². The van der Waals surface area contributed by atoms with Gasteiger partial charge in [-0.05, 0) is 47.9 Å². The molecule has 0 saturated heterocycles. The molecular formula is C16H16ClNO3. The molecule has 1 atom stereocenters. The molecule has 21 heavy (non-hydrogen) atoms. The van der Waals surface area contributed by atoms with Crippen LogP contribution in [-0.4, -0.2) is 28.4 Å². The molecule has 3 rings (SSSR count). The van der Waals surface area contributed by atoms with Gasteiger partial charge in [-0.1, -0.05) is 23.7 Å². The van der Waals surface area contributed by atoms with Gasteiger partial charge in [-0.25, -0.2) is 0 Å². The molecule has 1 heterocycles. The van der Waals surface area contributed by atoms with Gasteiger partial charge in [0.2, 0.25) is 0 Å². The van der Waals surface area contributed by atoms with Crippen molar-refractivity contribution in [2.24, 2.45) is 0 Å². The van der Waals surface area contributed by atoms with Crippen LogP contribution in [-0.2, 0) is 6.42 Å². The van der Waals surface area contributed by atoms with Gasteiger partial charge in [0.05, 0.1) is 5.02 Å². The summed E-state index contributed by atoms with van der Waals surface area (Å²) < 4.78 is 0. The van der Waals surface area contributed by atoms with Crippen molar-refractivity contribution in [2.45, 2.75) is 12.3 Å². The van der Waals surface area contributed by atoms with E-state index in [1.54, 1.807) is 18.2 Å². The number of phenolic OH excluding ortho intramolecular Hbond substituents is 3. The van der Waals surface area contributed by atoms with E-state index in [1.807, 2.05) is 12.1 Å². The Morgan fingerprint density at radius 2 is 1.81 bits per heavy atom. The van der Waals surface area contributed by atoms with Crippen LogP contribution in [0.25, 0.3) is 0 Å². The summed E-state index contributed by atoms with van der Waals surface area (Å²) in [5.74, 6) is -0.245. The minimum Gasteiger partial charge on any atom is -0.508 e. The van der Waals surface area contributed by atoms with Crippen LogP contribution in [0.3, 0.4) is 0 Å². The van der Waals surface area contributed by atoms with E-state index in [2.05, 4.69) is 5.32 Å². The Kier molecular flexibility index (Phi) is 3.66. The van der Waals surface area contributed by atoms with Gasteiger partial charge >= 0.3 is 0 Å². The highest BCUT2D eigenvalue weighted by Crippen LogP contribution is 2.42. The third-order valence-corrected chi connectivity index (χ3v) is 4.33. The van der Waals surface area contributed by atoms with Gasteiger partial charge in [-0.3, -0.25) is 0 Å². The summed E-state index contributed by atoms with van der Waals surface area (Å²) in [5.41, 5.74) is 2.78. The summed E-state index contributed by atoms with van der Waals surface area (Å²) in [4.78, 5) is 0. The lowest BCUT2D eigenvalue weighted by molar-refractivity contribution is 0.402. The van der Waals surface area contributed by atoms with Gasteiger partial charge in [-0.2, -0.15) is 0 Å². The van der Waals surface area contributed by atoms with Crippen molar-refractivity contribution in [1.82, 2.24) is 5.32 Å². The van der Waals surface area contributed by atoms with Gasteiger partial charge in [0, 0.05) is 12.5 Å². The van der Waals surface area contributed by atoms with Crippen LogP contribution < -0.4 is 5.32 Å². The fourth-order valence-corrected chi connectivity index (χ4v) is 3.12. The lowest BCUT2D eigenvalue weighted by atomic mass is 9.87. The Hall–Kier alpha value is -1.91. The molecule has 1 aliphatic heterocycles. The summed E-state index contributed by atoms with van der Waals surface area (Å²) in [6.07, 6.45) is 0.691. The second kappa shape index (κ2) is 5.47. The number of phenols is 3. The van der Waals surface area contributed by atoms with E-state index in [-0.39, 0.29) is 28.2 Å². The van der Waals surface area contributed by atoms with Crippen LogP contribution in [0.2, 0.25) is 5.02 Å². The first kappa shape index (κ1) is 14.0. The van der Waals surface area contributed by atoms with E-state index in [4.69, 9.17) is 11.6 Å². The normalized spacial score (nSPS) is 18.0. The van der Waals surface area contributed by atoms with Crippen LogP contribution in [0.4, 0.5) is 0 Å². The Bertz CT molecular complexity index is 670. The molecule has 0 unspecified atom stereocenters. The summed E-state index contributed by atoms with van der Waals surface area (Å²) in [7, 11) is 0. The summed E-state index contributed by atoms with van der Waals surface area (Å²) in [5, 5.41) is 32.7. The van der Waals surface area contributed by atoms with Crippen molar-refractivity contribution < 1.29 is 15.3 Å². The van der Waals surface area contributed by atoms with E-state index < -0.39 is 0 Å². The first-order valence-corrected chi connectivity index (χ1v) is 7.18. The van der Waals surface area contributed by atoms with Gasteiger partial charge in [0.1, 0.15) is 5.75 Å². The SMILES string of the molecule is Oc1ccc([C@H]2CNCCc3c2cc(O)c(O)c3Cl)cc1. The highest BCUT2D eigenvalue weighted by molar-refractivity contribution is 6.33. The Balaban J connectivity index is 2.14. The van der Waals surface area contributed by atoms with Crippen molar-refractivity contribution in [3.05, 3.63) is 52.0 Å². The van der Waals surface area contributed by atoms with Crippen molar-refractivity contribution in [2.75, 3.05) is 13.1 Å². The monoisotopic (exact) mass is 305 g/mol. The molecule has 0 fully saturated rings. The lowest BCUT2D eigenvalue weighted by Crippen LogP contribution is -2.20. The number of nitrogens with one attached hydrogen (secondary N) is 1. The van der Waals surface area contributed by atoms with E-state index in [0.717, 1.165) is 23.2 Å². The molecule has 0 aliphatic carbocycles. The van der Waals surface area contributed by atoms with Crippen molar-refractivity contribution in [1.29, 1.82) is 0 Å². The predicted molar refractivity (Wildman–Crippen MR) is 81.3 cm³/mol. The Morgan fingerprint density at radius 3 is 2.52 bits per heavy atom. The maximum Gasteiger partial charge on any atom is 0.176 e. The topological polar surface area (TPSA) is 72.7 Å². The molecule has 110 valence electrons. The zero-order valence-electron chi connectivity index (χ0n) is 11.3. The Morgan fingerprint density at radius 1 is 1.10 bits per heavy atom. The standard InChI is InChI=1S/C16H16ClNO3/c17-15-11-5-6-18-8-13(9-1-3-10(19)4-2-9)12(11)7-14(20)16(15)21/h1-4,7,13,18-21H,5-6,8H2/t13-/m1/s1. The van der Waals surface area contributed by atoms with Crippen LogP contribution in [0.1, 0.15) is 22.6 Å². The first-order chi connectivity index (χ1) is 10.1. The van der Waals surface area contributed by atoms with Crippen LogP contribution in [0, 0.1) is 0 Å². The second-order valence-electron chi connectivity index (χ2n) is 5.22. The quantitative estimate of drug-likeness (QED) is 0.611. The van der Waals surface area contributed by atoms with Gasteiger partial charge in [0.25, 0.3) is 0 Å². The minimum atomic E-state index is -0.262. The molecule has 0 spiro atoms. The molecule has 0 radical (unpaired) electrons. The van der Waals surface area contributed by atoms with Crippen molar-refractivity contribution >= 4 is 11.6 Å². The van der Waals surface area contributed by atoms with E-state index in [0.29, 0.717) is 13.0 Å². The van der Waals surface area contributed by atoms with Crippen LogP contribution in [0.5, 0.6) is 17.2 Å². The maximum atomic E-state index is 9.86. The molecule has 2 aromatic carbocycles. The molecular weight excluding hydrogens is 290 g/mol. The molecule has 1 aliphatic rings. The largest absolute Gasteiger partial charge is 0.508 e. The zero-order chi connectivity index (χ0) is 15.0. The number of hydrogen-bond donors (Lipinski definition) is 4. The summed E-state index contributed by atoms with van der Waals surface area (Å²) in [6.45, 7) is 1.46. The number of halogens is 1. The van der Waals surface area contributed by atoms with Crippen molar-refractivity contribution in [3.8, 4) is 17.2 Å². The molecule has 0 saturated carbocycles. The van der Waals surface area contributed by atoms with Crippen LogP contribution >= 0.6 is 11.6 Å². The predicted octanol–water partition coefficient (Wildman–Crippen LogP) is 2.73. The van der Waals surface area contributed by atoms with Crippen LogP contribution in [0.15, 0.2) is 30.3 Å². The van der Waals surface area contributed by atoms with Crippen molar-refractivity contribution in [3.63, 3.8) is 0 Å².